The van der Waals surface area contributed by atoms with Crippen molar-refractivity contribution in [3.05, 3.63) is 53.0 Å². The molecule has 2 aliphatic rings. The number of carboxylic acid groups (broad SMARTS) is 1. The molecular formula is C34H42F2N6O5S. The molecule has 1 aliphatic heterocycles. The predicted molar refractivity (Wildman–Crippen MR) is 181 cm³/mol. The second-order valence-corrected chi connectivity index (χ2v) is 15.3. The van der Waals surface area contributed by atoms with Crippen LogP contribution < -0.4 is 20.9 Å². The van der Waals surface area contributed by atoms with Crippen molar-refractivity contribution in [2.24, 2.45) is 5.41 Å². The van der Waals surface area contributed by atoms with Gasteiger partial charge in [0.05, 0.1) is 34.4 Å². The van der Waals surface area contributed by atoms with Gasteiger partial charge in [-0.3, -0.25) is 15.1 Å². The van der Waals surface area contributed by atoms with Crippen LogP contribution in [-0.2, 0) is 28.8 Å². The number of nitrogens with one attached hydrogen (secondary N) is 3. The molecule has 258 valence electrons. The maximum atomic E-state index is 14.8. The highest BCUT2D eigenvalue weighted by Crippen LogP contribution is 2.41. The Balaban J connectivity index is 1.45. The summed E-state index contributed by atoms with van der Waals surface area (Å²) in [6.07, 6.45) is 3.79. The molecule has 1 fully saturated rings. The quantitative estimate of drug-likeness (QED) is 0.196. The van der Waals surface area contributed by atoms with Gasteiger partial charge in [0.25, 0.3) is 0 Å². The van der Waals surface area contributed by atoms with Crippen molar-refractivity contribution in [1.29, 1.82) is 0 Å². The van der Waals surface area contributed by atoms with E-state index in [1.807, 2.05) is 6.92 Å². The lowest BCUT2D eigenvalue weighted by molar-refractivity contribution is -0.123. The summed E-state index contributed by atoms with van der Waals surface area (Å²) in [6, 6.07) is 3.51. The fraction of sp³-hybridized carbons (Fsp3) is 0.500. The molecule has 0 radical (unpaired) electrons. The van der Waals surface area contributed by atoms with Gasteiger partial charge in [0.1, 0.15) is 27.2 Å². The third-order valence-corrected chi connectivity index (χ3v) is 9.49. The van der Waals surface area contributed by atoms with Gasteiger partial charge in [0.15, 0.2) is 0 Å². The van der Waals surface area contributed by atoms with Crippen LogP contribution in [0.3, 0.4) is 0 Å². The lowest BCUT2D eigenvalue weighted by Gasteiger charge is -2.42. The molecule has 3 heterocycles. The van der Waals surface area contributed by atoms with E-state index in [0.29, 0.717) is 25.2 Å². The number of halogens is 2. The number of aromatic nitrogens is 2. The second kappa shape index (κ2) is 13.3. The van der Waals surface area contributed by atoms with E-state index in [1.165, 1.54) is 6.07 Å². The molecule has 3 aromatic rings. The molecule has 0 bridgehead atoms. The Morgan fingerprint density at radius 2 is 1.79 bits per heavy atom. The number of carbonyl (C=O) groups excluding carboxylic acids is 2. The van der Waals surface area contributed by atoms with Crippen molar-refractivity contribution in [1.82, 2.24) is 15.3 Å². The summed E-state index contributed by atoms with van der Waals surface area (Å²) >= 11 is 0.891. The lowest BCUT2D eigenvalue weighted by Crippen LogP contribution is -2.57. The van der Waals surface area contributed by atoms with Crippen LogP contribution in [0.15, 0.2) is 24.4 Å². The van der Waals surface area contributed by atoms with Crippen molar-refractivity contribution in [2.45, 2.75) is 91.2 Å². The van der Waals surface area contributed by atoms with Crippen molar-refractivity contribution in [2.75, 3.05) is 28.6 Å². The van der Waals surface area contributed by atoms with Crippen LogP contribution in [0.4, 0.5) is 34.7 Å². The first-order valence-electron chi connectivity index (χ1n) is 16.0. The summed E-state index contributed by atoms with van der Waals surface area (Å²) < 4.78 is 35.0. The Hall–Kier alpha value is -4.33. The number of nitrogens with zero attached hydrogens (tertiary/aromatic N) is 3. The largest absolute Gasteiger partial charge is 0.465 e. The molecule has 1 atom stereocenters. The zero-order valence-electron chi connectivity index (χ0n) is 28.1. The summed E-state index contributed by atoms with van der Waals surface area (Å²) in [5, 5.41) is 18.1. The summed E-state index contributed by atoms with van der Waals surface area (Å²) in [6.45, 7) is 11.6. The van der Waals surface area contributed by atoms with Gasteiger partial charge in [0.2, 0.25) is 5.91 Å². The maximum absolute atomic E-state index is 14.8. The highest BCUT2D eigenvalue weighted by Gasteiger charge is 2.37. The number of ether oxygens (including phenoxy) is 1. The first kappa shape index (κ1) is 35.0. The number of thiazole rings is 1. The number of hydrogen-bond donors (Lipinski definition) is 4. The average Bonchev–Trinajstić information content (AvgIpc) is 3.57. The number of pyridine rings is 1. The zero-order chi connectivity index (χ0) is 35.0. The monoisotopic (exact) mass is 684 g/mol. The van der Waals surface area contributed by atoms with Gasteiger partial charge in [-0.2, -0.15) is 0 Å². The van der Waals surface area contributed by atoms with Crippen molar-refractivity contribution in [3.63, 3.8) is 0 Å². The van der Waals surface area contributed by atoms with Gasteiger partial charge in [-0.15, -0.1) is 0 Å². The molecule has 3 amide bonds. The molecule has 48 heavy (non-hydrogen) atoms. The Bertz CT molecular complexity index is 1720. The number of hydrogen-bond acceptors (Lipinski definition) is 8. The average molecular weight is 685 g/mol. The number of rotatable bonds is 8. The molecule has 0 saturated carbocycles. The molecule has 11 nitrogen and oxygen atoms in total. The van der Waals surface area contributed by atoms with Crippen molar-refractivity contribution >= 4 is 45.8 Å². The van der Waals surface area contributed by atoms with E-state index in [4.69, 9.17) is 4.74 Å². The van der Waals surface area contributed by atoms with Gasteiger partial charge in [0, 0.05) is 30.6 Å². The molecule has 4 N–H and O–H groups in total. The number of fused-ring (bicyclic) bond motifs is 1. The zero-order valence-corrected chi connectivity index (χ0v) is 28.9. The normalized spacial score (nSPS) is 17.9. The highest BCUT2D eigenvalue weighted by molar-refractivity contribution is 7.19. The maximum Gasteiger partial charge on any atom is 0.412 e. The van der Waals surface area contributed by atoms with Gasteiger partial charge in [-0.25, -0.2) is 23.4 Å². The van der Waals surface area contributed by atoms with Crippen LogP contribution in [0.25, 0.3) is 10.6 Å². The standard InChI is InChI=1S/C34H42F2N6O5S/c1-32(2,3)47-31(46)40-27-23(38-28(48-27)25-20(35)11-8-12-21(25)36)16-33(4,5)29(43)39-24-17-37-22-13-7-10-19(22)26(24)42-15-9-14-34(6,18-42)41-30(44)45/h8,11-12,17,41H,7,9-10,13-16,18H2,1-6H3,(H,39,43)(H,40,46)(H,44,45). The molecule has 1 aromatic carbocycles. The third-order valence-electron chi connectivity index (χ3n) is 8.46. The number of benzene rings is 1. The van der Waals surface area contributed by atoms with Crippen LogP contribution in [-0.4, -0.2) is 57.4 Å². The van der Waals surface area contributed by atoms with Gasteiger partial charge in [-0.1, -0.05) is 31.3 Å². The van der Waals surface area contributed by atoms with E-state index in [2.05, 4.69) is 30.8 Å². The number of carbonyl (C=O) groups is 3. The summed E-state index contributed by atoms with van der Waals surface area (Å²) in [5.74, 6) is -1.97. The predicted octanol–water partition coefficient (Wildman–Crippen LogP) is 7.15. The van der Waals surface area contributed by atoms with Gasteiger partial charge in [-0.05, 0) is 77.5 Å². The van der Waals surface area contributed by atoms with E-state index in [-0.39, 0.29) is 33.6 Å². The molecule has 1 unspecified atom stereocenters. The third kappa shape index (κ3) is 7.86. The number of piperidine rings is 1. The van der Waals surface area contributed by atoms with Crippen LogP contribution in [0, 0.1) is 17.0 Å². The van der Waals surface area contributed by atoms with E-state index < -0.39 is 40.4 Å². The van der Waals surface area contributed by atoms with Gasteiger partial charge >= 0.3 is 12.2 Å². The van der Waals surface area contributed by atoms with E-state index >= 15 is 0 Å². The Morgan fingerprint density at radius 1 is 1.08 bits per heavy atom. The molecule has 5 rings (SSSR count). The molecule has 0 spiro atoms. The fourth-order valence-corrected chi connectivity index (χ4v) is 7.32. The van der Waals surface area contributed by atoms with Crippen LogP contribution in [0.5, 0.6) is 0 Å². The lowest BCUT2D eigenvalue weighted by atomic mass is 9.86. The minimum atomic E-state index is -1.12. The van der Waals surface area contributed by atoms with Crippen LogP contribution >= 0.6 is 11.3 Å². The molecule has 1 saturated heterocycles. The molecular weight excluding hydrogens is 642 g/mol. The SMILES string of the molecule is CC1(NC(=O)O)CCCN(c2c(NC(=O)C(C)(C)Cc3nc(-c4c(F)cccc4F)sc3NC(=O)OC(C)(C)C)cnc3c2CCC3)C1. The minimum absolute atomic E-state index is 0.00849. The summed E-state index contributed by atoms with van der Waals surface area (Å²) in [5.41, 5.74) is 0.722. The second-order valence-electron chi connectivity index (χ2n) is 14.3. The molecule has 14 heteroatoms. The van der Waals surface area contributed by atoms with E-state index in [1.54, 1.807) is 40.8 Å². The summed E-state index contributed by atoms with van der Waals surface area (Å²) in [4.78, 5) is 49.7. The van der Waals surface area contributed by atoms with E-state index in [9.17, 15) is 28.3 Å². The first-order valence-corrected chi connectivity index (χ1v) is 16.8. The van der Waals surface area contributed by atoms with E-state index in [0.717, 1.165) is 66.1 Å². The Kier molecular flexibility index (Phi) is 9.69. The number of amides is 3. The fourth-order valence-electron chi connectivity index (χ4n) is 6.30. The van der Waals surface area contributed by atoms with Gasteiger partial charge < -0.3 is 25.4 Å². The first-order chi connectivity index (χ1) is 22.4. The Morgan fingerprint density at radius 3 is 2.46 bits per heavy atom. The number of anilines is 3. The number of aryl methyl sites for hydroxylation is 1. The van der Waals surface area contributed by atoms with Crippen LogP contribution in [0.2, 0.25) is 0 Å². The van der Waals surface area contributed by atoms with Crippen molar-refractivity contribution in [3.8, 4) is 10.6 Å². The van der Waals surface area contributed by atoms with Crippen LogP contribution in [0.1, 0.15) is 77.8 Å². The highest BCUT2D eigenvalue weighted by atomic mass is 32.1. The smallest absolute Gasteiger partial charge is 0.412 e. The molecule has 2 aromatic heterocycles. The Labute approximate surface area is 282 Å². The molecule has 1 aliphatic carbocycles. The minimum Gasteiger partial charge on any atom is -0.465 e. The summed E-state index contributed by atoms with van der Waals surface area (Å²) in [7, 11) is 0. The topological polar surface area (TPSA) is 146 Å². The van der Waals surface area contributed by atoms with Crippen molar-refractivity contribution < 1.29 is 33.0 Å².